The van der Waals surface area contributed by atoms with Gasteiger partial charge in [-0.2, -0.15) is 0 Å². The normalized spacial score (nSPS) is 11.6. The summed E-state index contributed by atoms with van der Waals surface area (Å²) in [5.41, 5.74) is 4.68. The molecule has 3 aromatic rings. The third-order valence-electron chi connectivity index (χ3n) is 3.97. The number of thiocarbonyl (C=S) groups is 1. The number of pyridine rings is 1. The number of rotatable bonds is 4. The van der Waals surface area contributed by atoms with Gasteiger partial charge in [0.25, 0.3) is 0 Å². The van der Waals surface area contributed by atoms with Gasteiger partial charge in [-0.1, -0.05) is 66.2 Å². The minimum Gasteiger partial charge on any atom is -0.351 e. The van der Waals surface area contributed by atoms with Crippen LogP contribution in [0.5, 0.6) is 0 Å². The van der Waals surface area contributed by atoms with E-state index < -0.39 is 0 Å². The van der Waals surface area contributed by atoms with E-state index in [9.17, 15) is 0 Å². The number of anilines is 1. The van der Waals surface area contributed by atoms with Crippen LogP contribution in [0.3, 0.4) is 0 Å². The van der Waals surface area contributed by atoms with E-state index in [4.69, 9.17) is 12.2 Å². The Morgan fingerprint density at radius 2 is 1.48 bits per heavy atom. The molecule has 0 saturated heterocycles. The van der Waals surface area contributed by atoms with Crippen LogP contribution >= 0.6 is 12.2 Å². The van der Waals surface area contributed by atoms with Crippen molar-refractivity contribution in [1.82, 2.24) is 10.3 Å². The van der Waals surface area contributed by atoms with Gasteiger partial charge in [0.1, 0.15) is 5.82 Å². The fourth-order valence-electron chi connectivity index (χ4n) is 2.59. The molecule has 1 atom stereocenters. The summed E-state index contributed by atoms with van der Waals surface area (Å²) < 4.78 is 0. The fraction of sp³-hybridized carbons (Fsp3) is 0.143. The summed E-state index contributed by atoms with van der Waals surface area (Å²) >= 11 is 5.51. The van der Waals surface area contributed by atoms with Gasteiger partial charge in [-0.3, -0.25) is 0 Å². The van der Waals surface area contributed by atoms with E-state index in [1.54, 1.807) is 0 Å². The second-order valence-corrected chi connectivity index (χ2v) is 6.48. The first-order chi connectivity index (χ1) is 12.1. The third-order valence-corrected chi connectivity index (χ3v) is 4.19. The van der Waals surface area contributed by atoms with Crippen molar-refractivity contribution >= 4 is 23.1 Å². The van der Waals surface area contributed by atoms with Gasteiger partial charge in [0.2, 0.25) is 0 Å². The molecule has 1 aromatic heterocycles. The van der Waals surface area contributed by atoms with Crippen LogP contribution in [0, 0.1) is 13.8 Å². The summed E-state index contributed by atoms with van der Waals surface area (Å²) in [4.78, 5) is 4.34. The average Bonchev–Trinajstić information content (AvgIpc) is 2.63. The molecule has 0 fully saturated rings. The van der Waals surface area contributed by atoms with Crippen LogP contribution in [-0.4, -0.2) is 10.1 Å². The smallest absolute Gasteiger partial charge is 0.172 e. The van der Waals surface area contributed by atoms with E-state index in [1.165, 1.54) is 5.56 Å². The molecule has 126 valence electrons. The van der Waals surface area contributed by atoms with Gasteiger partial charge < -0.3 is 10.6 Å². The first-order valence-electron chi connectivity index (χ1n) is 8.23. The highest BCUT2D eigenvalue weighted by molar-refractivity contribution is 7.80. The zero-order valence-electron chi connectivity index (χ0n) is 14.4. The molecule has 0 aliphatic rings. The molecule has 2 aromatic carbocycles. The maximum absolute atomic E-state index is 5.51. The molecule has 25 heavy (non-hydrogen) atoms. The average molecular weight is 347 g/mol. The largest absolute Gasteiger partial charge is 0.351 e. The Labute approximate surface area is 154 Å². The first kappa shape index (κ1) is 17.1. The lowest BCUT2D eigenvalue weighted by molar-refractivity contribution is 0.768. The van der Waals surface area contributed by atoms with E-state index in [0.717, 1.165) is 22.5 Å². The van der Waals surface area contributed by atoms with Gasteiger partial charge in [-0.15, -0.1) is 0 Å². The van der Waals surface area contributed by atoms with Crippen molar-refractivity contribution in [3.05, 3.63) is 95.2 Å². The minimum atomic E-state index is -0.0211. The van der Waals surface area contributed by atoms with E-state index in [1.807, 2.05) is 43.5 Å². The quantitative estimate of drug-likeness (QED) is 0.666. The Balaban J connectivity index is 1.81. The van der Waals surface area contributed by atoms with Crippen molar-refractivity contribution in [1.29, 1.82) is 0 Å². The van der Waals surface area contributed by atoms with Crippen LogP contribution in [0.2, 0.25) is 0 Å². The van der Waals surface area contributed by atoms with Crippen LogP contribution in [0.1, 0.15) is 28.3 Å². The highest BCUT2D eigenvalue weighted by atomic mass is 32.1. The van der Waals surface area contributed by atoms with Crippen LogP contribution < -0.4 is 10.6 Å². The minimum absolute atomic E-state index is 0.0211. The molecule has 0 bridgehead atoms. The number of aryl methyl sites for hydroxylation is 2. The van der Waals surface area contributed by atoms with Crippen molar-refractivity contribution in [2.45, 2.75) is 19.9 Å². The van der Waals surface area contributed by atoms with Crippen molar-refractivity contribution in [3.63, 3.8) is 0 Å². The SMILES string of the molecule is Cc1ccc([C@@H](NC(=S)Nc2ccc(C)cn2)c2ccccc2)cc1. The zero-order valence-corrected chi connectivity index (χ0v) is 15.2. The predicted molar refractivity (Wildman–Crippen MR) is 108 cm³/mol. The molecule has 3 nitrogen and oxygen atoms in total. The van der Waals surface area contributed by atoms with Crippen molar-refractivity contribution in [3.8, 4) is 0 Å². The van der Waals surface area contributed by atoms with E-state index in [0.29, 0.717) is 5.11 Å². The summed E-state index contributed by atoms with van der Waals surface area (Å²) in [6, 6.07) is 22.7. The Morgan fingerprint density at radius 1 is 0.840 bits per heavy atom. The van der Waals surface area contributed by atoms with Crippen molar-refractivity contribution in [2.24, 2.45) is 0 Å². The van der Waals surface area contributed by atoms with Gasteiger partial charge in [0, 0.05) is 6.20 Å². The molecule has 3 rings (SSSR count). The zero-order chi connectivity index (χ0) is 17.6. The molecule has 0 amide bonds. The highest BCUT2D eigenvalue weighted by Crippen LogP contribution is 2.22. The molecule has 4 heteroatoms. The number of hydrogen-bond donors (Lipinski definition) is 2. The van der Waals surface area contributed by atoms with Crippen molar-refractivity contribution < 1.29 is 0 Å². The maximum Gasteiger partial charge on any atom is 0.172 e. The number of benzene rings is 2. The Morgan fingerprint density at radius 3 is 2.12 bits per heavy atom. The second-order valence-electron chi connectivity index (χ2n) is 6.07. The molecule has 0 unspecified atom stereocenters. The Hall–Kier alpha value is -2.72. The molecule has 0 radical (unpaired) electrons. The van der Waals surface area contributed by atoms with Gasteiger partial charge in [-0.05, 0) is 48.8 Å². The number of nitrogens with one attached hydrogen (secondary N) is 2. The van der Waals surface area contributed by atoms with Gasteiger partial charge in [-0.25, -0.2) is 4.98 Å². The first-order valence-corrected chi connectivity index (χ1v) is 8.64. The highest BCUT2D eigenvalue weighted by Gasteiger charge is 2.15. The number of hydrogen-bond acceptors (Lipinski definition) is 2. The lowest BCUT2D eigenvalue weighted by atomic mass is 9.98. The summed E-state index contributed by atoms with van der Waals surface area (Å²) in [6.07, 6.45) is 1.82. The molecule has 2 N–H and O–H groups in total. The molecular formula is C21H21N3S. The van der Waals surface area contributed by atoms with Crippen LogP contribution in [0.4, 0.5) is 5.82 Å². The second kappa shape index (κ2) is 7.90. The van der Waals surface area contributed by atoms with E-state index in [2.05, 4.69) is 58.9 Å². The fourth-order valence-corrected chi connectivity index (χ4v) is 2.81. The molecule has 0 saturated carbocycles. The summed E-state index contributed by atoms with van der Waals surface area (Å²) in [5.74, 6) is 0.735. The summed E-state index contributed by atoms with van der Waals surface area (Å²) in [6.45, 7) is 4.10. The number of nitrogens with zero attached hydrogens (tertiary/aromatic N) is 1. The topological polar surface area (TPSA) is 37.0 Å². The Kier molecular flexibility index (Phi) is 5.41. The lowest BCUT2D eigenvalue weighted by Crippen LogP contribution is -2.33. The molecule has 0 aliphatic carbocycles. The summed E-state index contributed by atoms with van der Waals surface area (Å²) in [7, 11) is 0. The van der Waals surface area contributed by atoms with Crippen molar-refractivity contribution in [2.75, 3.05) is 5.32 Å². The van der Waals surface area contributed by atoms with Crippen LogP contribution in [-0.2, 0) is 0 Å². The van der Waals surface area contributed by atoms with Gasteiger partial charge in [0.05, 0.1) is 6.04 Å². The number of aromatic nitrogens is 1. The predicted octanol–water partition coefficient (Wildman–Crippen LogP) is 4.77. The maximum atomic E-state index is 5.51. The van der Waals surface area contributed by atoms with Gasteiger partial charge >= 0.3 is 0 Å². The lowest BCUT2D eigenvalue weighted by Gasteiger charge is -2.22. The third kappa shape index (κ3) is 4.64. The monoisotopic (exact) mass is 347 g/mol. The molecule has 0 aliphatic heterocycles. The standard InChI is InChI=1S/C21H21N3S/c1-15-8-11-18(12-9-15)20(17-6-4-3-5-7-17)24-21(25)23-19-13-10-16(2)14-22-19/h3-14,20H,1-2H3,(H2,22,23,24,25)/t20-/m0/s1. The molecular weight excluding hydrogens is 326 g/mol. The van der Waals surface area contributed by atoms with E-state index >= 15 is 0 Å². The molecule has 0 spiro atoms. The van der Waals surface area contributed by atoms with Gasteiger partial charge in [0.15, 0.2) is 5.11 Å². The molecule has 1 heterocycles. The van der Waals surface area contributed by atoms with E-state index in [-0.39, 0.29) is 6.04 Å². The van der Waals surface area contributed by atoms with Crippen LogP contribution in [0.15, 0.2) is 72.9 Å². The van der Waals surface area contributed by atoms with Crippen LogP contribution in [0.25, 0.3) is 0 Å². The Bertz CT molecular complexity index is 827. The summed E-state index contributed by atoms with van der Waals surface area (Å²) in [5, 5.41) is 7.12.